The van der Waals surface area contributed by atoms with Gasteiger partial charge in [-0.2, -0.15) is 0 Å². The van der Waals surface area contributed by atoms with Gasteiger partial charge in [0.25, 0.3) is 0 Å². The molecular formula is C24H46O6PS2-. The summed E-state index contributed by atoms with van der Waals surface area (Å²) in [5, 5.41) is 17.2. The number of hydrogen-bond acceptors (Lipinski definition) is 6. The van der Waals surface area contributed by atoms with E-state index >= 15 is 0 Å². The fraction of sp³-hybridized carbons (Fsp3) is 0.917. The van der Waals surface area contributed by atoms with Crippen LogP contribution in [0.1, 0.15) is 128 Å². The molecule has 0 aliphatic carbocycles. The first-order valence-corrected chi connectivity index (χ1v) is 16.5. The Morgan fingerprint density at radius 2 is 0.727 bits per heavy atom. The lowest BCUT2D eigenvalue weighted by Gasteiger charge is -2.34. The summed E-state index contributed by atoms with van der Waals surface area (Å²) in [5.74, 6) is -1.39. The minimum absolute atomic E-state index is 0.291. The van der Waals surface area contributed by atoms with Gasteiger partial charge in [-0.25, -0.2) is 0 Å². The molecule has 0 atom stereocenters. The average Bonchev–Trinajstić information content (AvgIpc) is 2.74. The molecular weight excluding hydrogens is 479 g/mol. The van der Waals surface area contributed by atoms with Gasteiger partial charge in [0.15, 0.2) is 0 Å². The predicted molar refractivity (Wildman–Crippen MR) is 141 cm³/mol. The molecule has 0 fully saturated rings. The molecule has 0 aliphatic rings. The number of rotatable bonds is 26. The maximum Gasteiger partial charge on any atom is 0.303 e. The summed E-state index contributed by atoms with van der Waals surface area (Å²) in [7, 11) is 0. The summed E-state index contributed by atoms with van der Waals surface area (Å²) in [5.41, 5.74) is 0. The van der Waals surface area contributed by atoms with Gasteiger partial charge in [-0.05, 0) is 25.7 Å². The first-order chi connectivity index (χ1) is 15.8. The minimum Gasteiger partial charge on any atom is -0.516 e. The zero-order chi connectivity index (χ0) is 24.6. The summed E-state index contributed by atoms with van der Waals surface area (Å²) < 4.78 is 11.3. The van der Waals surface area contributed by atoms with Gasteiger partial charge < -0.3 is 34.7 Å². The Hall–Kier alpha value is -0.0100. The van der Waals surface area contributed by atoms with Crippen LogP contribution in [0.4, 0.5) is 0 Å². The largest absolute Gasteiger partial charge is 0.516 e. The van der Waals surface area contributed by atoms with E-state index < -0.39 is 18.1 Å². The molecule has 0 saturated heterocycles. The topological polar surface area (TPSA) is 93.1 Å². The summed E-state index contributed by atoms with van der Waals surface area (Å²) in [6.45, 7) is 1.17. The van der Waals surface area contributed by atoms with Crippen molar-refractivity contribution in [1.82, 2.24) is 0 Å². The van der Waals surface area contributed by atoms with Crippen LogP contribution in [0.2, 0.25) is 0 Å². The smallest absolute Gasteiger partial charge is 0.303 e. The van der Waals surface area contributed by atoms with Gasteiger partial charge in [0.2, 0.25) is 0 Å². The summed E-state index contributed by atoms with van der Waals surface area (Å²) in [6, 6.07) is 0. The van der Waals surface area contributed by atoms with Gasteiger partial charge in [0, 0.05) is 19.0 Å². The monoisotopic (exact) mass is 525 g/mol. The Morgan fingerprint density at radius 3 is 1.00 bits per heavy atom. The van der Waals surface area contributed by atoms with Crippen LogP contribution in [0.5, 0.6) is 0 Å². The van der Waals surface area contributed by atoms with E-state index in [1.54, 1.807) is 0 Å². The molecule has 0 amide bonds. The molecule has 0 bridgehead atoms. The molecule has 0 heterocycles. The van der Waals surface area contributed by atoms with E-state index in [1.165, 1.54) is 51.4 Å². The van der Waals surface area contributed by atoms with Crippen molar-refractivity contribution < 1.29 is 28.8 Å². The molecule has 0 spiro atoms. The molecule has 0 aliphatic heterocycles. The van der Waals surface area contributed by atoms with Crippen molar-refractivity contribution in [2.24, 2.45) is 0 Å². The SMILES string of the molecule is O=C(O)CCCCCCCCCCCO[P+]([S-])([S-])OCCCCCCCCCCCC(=O)O. The van der Waals surface area contributed by atoms with E-state index in [9.17, 15) is 9.59 Å². The molecule has 0 aromatic rings. The highest BCUT2D eigenvalue weighted by Gasteiger charge is 2.10. The number of carbonyl (C=O) groups is 2. The van der Waals surface area contributed by atoms with E-state index in [0.717, 1.165) is 64.2 Å². The van der Waals surface area contributed by atoms with Gasteiger partial charge in [-0.15, -0.1) is 0 Å². The molecule has 0 aromatic carbocycles. The van der Waals surface area contributed by atoms with Crippen molar-refractivity contribution in [3.63, 3.8) is 0 Å². The fourth-order valence-corrected chi connectivity index (χ4v) is 5.30. The standard InChI is InChI=1S/C24H47O6PS2/c25-23(26)19-15-11-7-3-1-5-9-13-17-21-29-31(32,33)30-22-18-14-10-6-2-4-8-12-16-20-24(27)28/h1-22H2,(H,25,26)(H,27,28)(H,32,33)/p-1. The van der Waals surface area contributed by atoms with Gasteiger partial charge in [0.1, 0.15) is 0 Å². The molecule has 0 radical (unpaired) electrons. The highest BCUT2D eigenvalue weighted by atomic mass is 33.1. The van der Waals surface area contributed by atoms with Gasteiger partial charge in [-0.3, -0.25) is 18.6 Å². The molecule has 33 heavy (non-hydrogen) atoms. The lowest BCUT2D eigenvalue weighted by molar-refractivity contribution is -0.138. The maximum atomic E-state index is 10.4. The zero-order valence-corrected chi connectivity index (χ0v) is 22.9. The quantitative estimate of drug-likeness (QED) is 0.0672. The fourth-order valence-electron chi connectivity index (χ4n) is 3.62. The van der Waals surface area contributed by atoms with E-state index in [-0.39, 0.29) is 0 Å². The van der Waals surface area contributed by atoms with Crippen molar-refractivity contribution >= 4 is 42.6 Å². The molecule has 0 aromatic heterocycles. The minimum atomic E-state index is -2.53. The highest BCUT2D eigenvalue weighted by Crippen LogP contribution is 2.56. The summed E-state index contributed by atoms with van der Waals surface area (Å²) in [6.07, 6.45) is 17.7. The zero-order valence-electron chi connectivity index (χ0n) is 20.3. The number of carboxylic acids is 2. The second kappa shape index (κ2) is 23.7. The predicted octanol–water partition coefficient (Wildman–Crippen LogP) is 7.76. The van der Waals surface area contributed by atoms with Crippen LogP contribution < -0.4 is 0 Å². The van der Waals surface area contributed by atoms with Crippen LogP contribution in [0.15, 0.2) is 0 Å². The van der Waals surface area contributed by atoms with Crippen LogP contribution >= 0.6 is 6.12 Å². The van der Waals surface area contributed by atoms with Crippen LogP contribution in [0, 0.1) is 0 Å². The van der Waals surface area contributed by atoms with E-state index in [1.807, 2.05) is 0 Å². The highest BCUT2D eigenvalue weighted by molar-refractivity contribution is 8.70. The van der Waals surface area contributed by atoms with Crippen molar-refractivity contribution in [2.45, 2.75) is 128 Å². The first-order valence-electron chi connectivity index (χ1n) is 12.9. The van der Waals surface area contributed by atoms with Crippen molar-refractivity contribution in [2.75, 3.05) is 13.2 Å². The summed E-state index contributed by atoms with van der Waals surface area (Å²) >= 11 is 10.6. The van der Waals surface area contributed by atoms with Crippen LogP contribution in [0.3, 0.4) is 0 Å². The number of hydrogen-bond donors (Lipinski definition) is 2. The van der Waals surface area contributed by atoms with Crippen molar-refractivity contribution in [1.29, 1.82) is 0 Å². The van der Waals surface area contributed by atoms with Gasteiger partial charge >= 0.3 is 11.9 Å². The molecule has 0 rings (SSSR count). The second-order valence-electron chi connectivity index (χ2n) is 8.77. The maximum absolute atomic E-state index is 10.4. The molecule has 0 saturated carbocycles. The number of aliphatic carboxylic acids is 2. The van der Waals surface area contributed by atoms with Crippen molar-refractivity contribution in [3.8, 4) is 0 Å². The van der Waals surface area contributed by atoms with E-state index in [4.69, 9.17) is 43.8 Å². The van der Waals surface area contributed by atoms with E-state index in [2.05, 4.69) is 0 Å². The van der Waals surface area contributed by atoms with Crippen LogP contribution in [-0.4, -0.2) is 35.4 Å². The lowest BCUT2D eigenvalue weighted by Crippen LogP contribution is -2.01. The molecule has 196 valence electrons. The van der Waals surface area contributed by atoms with Gasteiger partial charge in [0.05, 0.1) is 13.2 Å². The second-order valence-corrected chi connectivity index (χ2v) is 13.8. The molecule has 0 unspecified atom stereocenters. The summed E-state index contributed by atoms with van der Waals surface area (Å²) in [4.78, 5) is 20.9. The molecule has 6 nitrogen and oxygen atoms in total. The Labute approximate surface area is 212 Å². The lowest BCUT2D eigenvalue weighted by atomic mass is 10.1. The number of unbranched alkanes of at least 4 members (excludes halogenated alkanes) is 16. The van der Waals surface area contributed by atoms with Crippen LogP contribution in [-0.2, 0) is 43.1 Å². The van der Waals surface area contributed by atoms with E-state index in [0.29, 0.717) is 26.1 Å². The Balaban J connectivity index is 3.33. The third-order valence-electron chi connectivity index (χ3n) is 5.57. The Morgan fingerprint density at radius 1 is 0.485 bits per heavy atom. The van der Waals surface area contributed by atoms with Crippen molar-refractivity contribution in [3.05, 3.63) is 0 Å². The average molecular weight is 526 g/mol. The van der Waals surface area contributed by atoms with Gasteiger partial charge in [-0.1, -0.05) is 89.9 Å². The van der Waals surface area contributed by atoms with Crippen LogP contribution in [0.25, 0.3) is 0 Å². The molecule has 2 N–H and O–H groups in total. The third-order valence-corrected chi connectivity index (χ3v) is 7.83. The number of carboxylic acid groups (broad SMARTS) is 2. The third kappa shape index (κ3) is 28.1. The molecule has 9 heteroatoms. The Kier molecular flexibility index (Phi) is 23.7. The first kappa shape index (κ1) is 33.0. The normalized spacial score (nSPS) is 11.7. The Bertz CT molecular complexity index is 440.